The summed E-state index contributed by atoms with van der Waals surface area (Å²) in [5.41, 5.74) is 1.80. The fourth-order valence-electron chi connectivity index (χ4n) is 3.96. The fraction of sp³-hybridized carbons (Fsp3) is 0.261. The molecule has 0 radical (unpaired) electrons. The van der Waals surface area contributed by atoms with E-state index < -0.39 is 0 Å². The van der Waals surface area contributed by atoms with Crippen LogP contribution in [0.25, 0.3) is 10.8 Å². The second-order valence-corrected chi connectivity index (χ2v) is 7.42. The van der Waals surface area contributed by atoms with Gasteiger partial charge in [0.2, 0.25) is 0 Å². The summed E-state index contributed by atoms with van der Waals surface area (Å²) in [6, 6.07) is 22.2. The van der Waals surface area contributed by atoms with Crippen molar-refractivity contribution in [2.24, 2.45) is 0 Å². The molecule has 0 bridgehead atoms. The third-order valence-corrected chi connectivity index (χ3v) is 5.67. The quantitative estimate of drug-likeness (QED) is 0.673. The minimum atomic E-state index is -0.120. The molecule has 3 nitrogen and oxygen atoms in total. The summed E-state index contributed by atoms with van der Waals surface area (Å²) in [5.74, 6) is -0.120. The van der Waals surface area contributed by atoms with Crippen LogP contribution < -0.4 is 5.32 Å². The molecule has 3 aromatic rings. The molecular weight excluding hydrogens is 356 g/mol. The largest absolute Gasteiger partial charge is 0.350 e. The van der Waals surface area contributed by atoms with Crippen molar-refractivity contribution in [2.45, 2.75) is 18.9 Å². The standard InChI is InChI=1S/C23H23ClN2O/c24-21-13-4-3-11-20(21)23(27)25-16-22(26-14-5-6-15-26)19-12-7-9-17-8-1-2-10-18(17)19/h1-4,7-13,22H,5-6,14-16H2,(H,25,27)/t22-/m0/s1. The minimum absolute atomic E-state index is 0.120. The SMILES string of the molecule is O=C(NC[C@@H](c1cccc2ccccc12)N1CCCC1)c1ccccc1Cl. The van der Waals surface area contributed by atoms with Crippen LogP contribution in [-0.2, 0) is 0 Å². The Morgan fingerprint density at radius 3 is 2.48 bits per heavy atom. The molecule has 1 fully saturated rings. The molecule has 138 valence electrons. The molecule has 1 saturated heterocycles. The van der Waals surface area contributed by atoms with Crippen molar-refractivity contribution < 1.29 is 4.79 Å². The second kappa shape index (κ2) is 8.12. The summed E-state index contributed by atoms with van der Waals surface area (Å²) in [5, 5.41) is 6.09. The van der Waals surface area contributed by atoms with Crippen molar-refractivity contribution >= 4 is 28.3 Å². The highest BCUT2D eigenvalue weighted by atomic mass is 35.5. The number of rotatable bonds is 5. The molecule has 1 heterocycles. The van der Waals surface area contributed by atoms with Gasteiger partial charge in [-0.15, -0.1) is 0 Å². The minimum Gasteiger partial charge on any atom is -0.350 e. The highest BCUT2D eigenvalue weighted by Crippen LogP contribution is 2.30. The number of fused-ring (bicyclic) bond motifs is 1. The van der Waals surface area contributed by atoms with E-state index in [4.69, 9.17) is 11.6 Å². The van der Waals surface area contributed by atoms with E-state index in [9.17, 15) is 4.79 Å². The van der Waals surface area contributed by atoms with Gasteiger partial charge in [-0.3, -0.25) is 9.69 Å². The summed E-state index contributed by atoms with van der Waals surface area (Å²) in [6.45, 7) is 2.70. The first-order valence-corrected chi connectivity index (χ1v) is 9.86. The van der Waals surface area contributed by atoms with E-state index in [0.29, 0.717) is 17.1 Å². The molecule has 1 amide bonds. The molecule has 0 spiro atoms. The summed E-state index contributed by atoms with van der Waals surface area (Å²) in [4.78, 5) is 15.1. The van der Waals surface area contributed by atoms with Gasteiger partial charge >= 0.3 is 0 Å². The second-order valence-electron chi connectivity index (χ2n) is 7.02. The van der Waals surface area contributed by atoms with Crippen LogP contribution >= 0.6 is 11.6 Å². The normalized spacial score (nSPS) is 15.7. The molecule has 1 aliphatic rings. The number of nitrogens with zero attached hydrogens (tertiary/aromatic N) is 1. The van der Waals surface area contributed by atoms with Crippen LogP contribution in [0.2, 0.25) is 5.02 Å². The highest BCUT2D eigenvalue weighted by molar-refractivity contribution is 6.33. The van der Waals surface area contributed by atoms with Gasteiger partial charge in [-0.1, -0.05) is 66.2 Å². The number of nitrogens with one attached hydrogen (secondary N) is 1. The van der Waals surface area contributed by atoms with Crippen LogP contribution in [0.4, 0.5) is 0 Å². The van der Waals surface area contributed by atoms with E-state index in [1.807, 2.05) is 12.1 Å². The van der Waals surface area contributed by atoms with Gasteiger partial charge in [0.1, 0.15) is 0 Å². The maximum atomic E-state index is 12.7. The summed E-state index contributed by atoms with van der Waals surface area (Å²) in [6.07, 6.45) is 2.42. The molecule has 4 heteroatoms. The molecule has 1 atom stereocenters. The molecule has 1 aliphatic heterocycles. The lowest BCUT2D eigenvalue weighted by Gasteiger charge is -2.29. The lowest BCUT2D eigenvalue weighted by Crippen LogP contribution is -2.37. The third-order valence-electron chi connectivity index (χ3n) is 5.34. The number of carbonyl (C=O) groups excluding carboxylic acids is 1. The van der Waals surface area contributed by atoms with Crippen molar-refractivity contribution in [3.05, 3.63) is 82.9 Å². The summed E-state index contributed by atoms with van der Waals surface area (Å²) < 4.78 is 0. The maximum Gasteiger partial charge on any atom is 0.252 e. The molecule has 27 heavy (non-hydrogen) atoms. The van der Waals surface area contributed by atoms with Crippen molar-refractivity contribution in [3.63, 3.8) is 0 Å². The van der Waals surface area contributed by atoms with Crippen LogP contribution in [-0.4, -0.2) is 30.4 Å². The average molecular weight is 379 g/mol. The number of amides is 1. The molecule has 3 aromatic carbocycles. The zero-order valence-corrected chi connectivity index (χ0v) is 16.0. The summed E-state index contributed by atoms with van der Waals surface area (Å²) >= 11 is 6.19. The van der Waals surface area contributed by atoms with E-state index in [2.05, 4.69) is 52.7 Å². The van der Waals surface area contributed by atoms with Crippen molar-refractivity contribution in [2.75, 3.05) is 19.6 Å². The Kier molecular flexibility index (Phi) is 5.42. The Balaban J connectivity index is 1.62. The van der Waals surface area contributed by atoms with Gasteiger partial charge in [0.15, 0.2) is 0 Å². The Labute approximate surface area is 164 Å². The zero-order chi connectivity index (χ0) is 18.6. The van der Waals surface area contributed by atoms with Gasteiger partial charge in [0.25, 0.3) is 5.91 Å². The first-order chi connectivity index (χ1) is 13.2. The van der Waals surface area contributed by atoms with Crippen LogP contribution in [0.1, 0.15) is 34.8 Å². The Bertz CT molecular complexity index is 945. The number of benzene rings is 3. The van der Waals surface area contributed by atoms with Gasteiger partial charge in [-0.2, -0.15) is 0 Å². The predicted molar refractivity (Wildman–Crippen MR) is 111 cm³/mol. The zero-order valence-electron chi connectivity index (χ0n) is 15.2. The topological polar surface area (TPSA) is 32.3 Å². The first-order valence-electron chi connectivity index (χ1n) is 9.48. The number of carbonyl (C=O) groups is 1. The highest BCUT2D eigenvalue weighted by Gasteiger charge is 2.25. The lowest BCUT2D eigenvalue weighted by atomic mass is 9.97. The Morgan fingerprint density at radius 2 is 1.67 bits per heavy atom. The molecule has 1 N–H and O–H groups in total. The van der Waals surface area contributed by atoms with Gasteiger partial charge < -0.3 is 5.32 Å². The van der Waals surface area contributed by atoms with E-state index >= 15 is 0 Å². The Morgan fingerprint density at radius 1 is 0.963 bits per heavy atom. The van der Waals surface area contributed by atoms with E-state index in [-0.39, 0.29) is 11.9 Å². The van der Waals surface area contributed by atoms with Crippen LogP contribution in [0.15, 0.2) is 66.7 Å². The molecular formula is C23H23ClN2O. The third kappa shape index (κ3) is 3.85. The van der Waals surface area contributed by atoms with Gasteiger partial charge in [-0.05, 0) is 54.4 Å². The van der Waals surface area contributed by atoms with Crippen molar-refractivity contribution in [3.8, 4) is 0 Å². The van der Waals surface area contributed by atoms with Crippen molar-refractivity contribution in [1.29, 1.82) is 0 Å². The molecule has 0 saturated carbocycles. The number of halogens is 1. The maximum absolute atomic E-state index is 12.7. The number of hydrogen-bond donors (Lipinski definition) is 1. The smallest absolute Gasteiger partial charge is 0.252 e. The monoisotopic (exact) mass is 378 g/mol. The first kappa shape index (κ1) is 18.0. The lowest BCUT2D eigenvalue weighted by molar-refractivity contribution is 0.0938. The van der Waals surface area contributed by atoms with Crippen LogP contribution in [0.5, 0.6) is 0 Å². The van der Waals surface area contributed by atoms with Crippen molar-refractivity contribution in [1.82, 2.24) is 10.2 Å². The average Bonchev–Trinajstić information content (AvgIpc) is 3.23. The van der Waals surface area contributed by atoms with E-state index in [0.717, 1.165) is 13.1 Å². The fourth-order valence-corrected chi connectivity index (χ4v) is 4.18. The predicted octanol–water partition coefficient (Wildman–Crippen LogP) is 5.06. The molecule has 0 unspecified atom stereocenters. The van der Waals surface area contributed by atoms with Gasteiger partial charge in [-0.25, -0.2) is 0 Å². The summed E-state index contributed by atoms with van der Waals surface area (Å²) in [7, 11) is 0. The Hall–Kier alpha value is -2.36. The number of hydrogen-bond acceptors (Lipinski definition) is 2. The number of likely N-dealkylation sites (tertiary alicyclic amines) is 1. The molecule has 0 aromatic heterocycles. The van der Waals surface area contributed by atoms with Gasteiger partial charge in [0, 0.05) is 6.54 Å². The van der Waals surface area contributed by atoms with E-state index in [1.165, 1.54) is 29.2 Å². The molecule has 0 aliphatic carbocycles. The van der Waals surface area contributed by atoms with Crippen LogP contribution in [0.3, 0.4) is 0 Å². The van der Waals surface area contributed by atoms with Gasteiger partial charge in [0.05, 0.1) is 16.6 Å². The van der Waals surface area contributed by atoms with E-state index in [1.54, 1.807) is 12.1 Å². The van der Waals surface area contributed by atoms with Crippen LogP contribution in [0, 0.1) is 0 Å². The molecule has 4 rings (SSSR count).